The lowest BCUT2D eigenvalue weighted by Crippen LogP contribution is -2.50. The second kappa shape index (κ2) is 6.65. The van der Waals surface area contributed by atoms with E-state index in [1.807, 2.05) is 53.4 Å². The molecule has 4 rings (SSSR count). The van der Waals surface area contributed by atoms with Crippen LogP contribution in [0.4, 0.5) is 0 Å². The highest BCUT2D eigenvalue weighted by Crippen LogP contribution is 2.36. The molecule has 0 saturated heterocycles. The van der Waals surface area contributed by atoms with Gasteiger partial charge in [0.05, 0.1) is 16.9 Å². The van der Waals surface area contributed by atoms with Crippen LogP contribution in [0.5, 0.6) is 0 Å². The van der Waals surface area contributed by atoms with Gasteiger partial charge >= 0.3 is 0 Å². The van der Waals surface area contributed by atoms with Crippen molar-refractivity contribution in [1.82, 2.24) is 14.5 Å². The number of carbonyl (C=O) groups is 1. The normalized spacial score (nSPS) is 19.6. The number of hydrogen-bond acceptors (Lipinski definition) is 3. The van der Waals surface area contributed by atoms with E-state index in [9.17, 15) is 9.59 Å². The van der Waals surface area contributed by atoms with Crippen LogP contribution in [0.15, 0.2) is 59.4 Å². The zero-order valence-corrected chi connectivity index (χ0v) is 15.8. The molecule has 1 aliphatic heterocycles. The predicted molar refractivity (Wildman–Crippen MR) is 105 cm³/mol. The Morgan fingerprint density at radius 1 is 1.00 bits per heavy atom. The lowest BCUT2D eigenvalue weighted by atomic mass is 9.96. The van der Waals surface area contributed by atoms with Gasteiger partial charge in [-0.2, -0.15) is 0 Å². The van der Waals surface area contributed by atoms with E-state index in [2.05, 4.69) is 13.8 Å². The van der Waals surface area contributed by atoms with E-state index < -0.39 is 6.04 Å². The van der Waals surface area contributed by atoms with E-state index in [0.717, 1.165) is 5.56 Å². The molecule has 2 heterocycles. The van der Waals surface area contributed by atoms with Gasteiger partial charge < -0.3 is 4.90 Å². The largest absolute Gasteiger partial charge is 0.326 e. The topological polar surface area (TPSA) is 55.2 Å². The van der Waals surface area contributed by atoms with E-state index in [-0.39, 0.29) is 23.4 Å². The van der Waals surface area contributed by atoms with Gasteiger partial charge in [-0.05, 0) is 30.5 Å². The summed E-state index contributed by atoms with van der Waals surface area (Å²) in [5, 5.41) is 0.555. The Morgan fingerprint density at radius 2 is 1.67 bits per heavy atom. The summed E-state index contributed by atoms with van der Waals surface area (Å²) in [4.78, 5) is 33.0. The second-order valence-electron chi connectivity index (χ2n) is 7.48. The SMILES string of the molecule is CC(C)[C@H]1c2nc3ccccc3c(=O)n2[C@H](C)C(=O)N1Cc1ccccc1. The molecule has 0 N–H and O–H groups in total. The molecule has 0 fully saturated rings. The van der Waals surface area contributed by atoms with E-state index in [0.29, 0.717) is 23.3 Å². The molecular formula is C22H23N3O2. The number of nitrogens with zero attached hydrogens (tertiary/aromatic N) is 3. The van der Waals surface area contributed by atoms with Crippen molar-refractivity contribution in [3.05, 3.63) is 76.3 Å². The van der Waals surface area contributed by atoms with Gasteiger partial charge in [0.1, 0.15) is 11.9 Å². The van der Waals surface area contributed by atoms with E-state index in [1.54, 1.807) is 17.6 Å². The van der Waals surface area contributed by atoms with Gasteiger partial charge in [-0.25, -0.2) is 4.98 Å². The molecule has 0 unspecified atom stereocenters. The Hall–Kier alpha value is -2.95. The summed E-state index contributed by atoms with van der Waals surface area (Å²) in [5.74, 6) is 0.769. The van der Waals surface area contributed by atoms with Crippen molar-refractivity contribution in [2.24, 2.45) is 5.92 Å². The number of carbonyl (C=O) groups excluding carboxylic acids is 1. The average Bonchev–Trinajstić information content (AvgIpc) is 2.66. The minimum atomic E-state index is -0.566. The zero-order chi connectivity index (χ0) is 19.1. The monoisotopic (exact) mass is 361 g/mol. The summed E-state index contributed by atoms with van der Waals surface area (Å²) >= 11 is 0. The molecule has 5 heteroatoms. The summed E-state index contributed by atoms with van der Waals surface area (Å²) in [7, 11) is 0. The Morgan fingerprint density at radius 3 is 2.37 bits per heavy atom. The molecule has 0 spiro atoms. The van der Waals surface area contributed by atoms with Crippen molar-refractivity contribution < 1.29 is 4.79 Å². The van der Waals surface area contributed by atoms with Crippen LogP contribution in [0.1, 0.15) is 44.2 Å². The maximum atomic E-state index is 13.2. The van der Waals surface area contributed by atoms with Crippen molar-refractivity contribution in [3.8, 4) is 0 Å². The quantitative estimate of drug-likeness (QED) is 0.715. The van der Waals surface area contributed by atoms with Crippen molar-refractivity contribution in [2.75, 3.05) is 0 Å². The van der Waals surface area contributed by atoms with Gasteiger partial charge in [0.15, 0.2) is 0 Å². The molecule has 0 radical (unpaired) electrons. The molecular weight excluding hydrogens is 338 g/mol. The molecule has 1 aromatic heterocycles. The fourth-order valence-electron chi connectivity index (χ4n) is 3.99. The van der Waals surface area contributed by atoms with E-state index in [4.69, 9.17) is 4.98 Å². The first kappa shape index (κ1) is 17.5. The van der Waals surface area contributed by atoms with Crippen LogP contribution in [0.2, 0.25) is 0 Å². The van der Waals surface area contributed by atoms with Gasteiger partial charge in [0.25, 0.3) is 5.56 Å². The first-order chi connectivity index (χ1) is 13.0. The van der Waals surface area contributed by atoms with Crippen LogP contribution < -0.4 is 5.56 Å². The van der Waals surface area contributed by atoms with Crippen LogP contribution >= 0.6 is 0 Å². The molecule has 138 valence electrons. The number of benzene rings is 2. The molecule has 0 saturated carbocycles. The summed E-state index contributed by atoms with van der Waals surface area (Å²) in [6, 6.07) is 16.5. The maximum absolute atomic E-state index is 13.2. The maximum Gasteiger partial charge on any atom is 0.262 e. The number of para-hydroxylation sites is 1. The van der Waals surface area contributed by atoms with Crippen LogP contribution in [-0.4, -0.2) is 20.4 Å². The molecule has 2 atom stereocenters. The van der Waals surface area contributed by atoms with E-state index in [1.165, 1.54) is 0 Å². The summed E-state index contributed by atoms with van der Waals surface area (Å²) < 4.78 is 1.59. The standard InChI is InChI=1S/C22H23N3O2/c1-14(2)19-20-23-18-12-8-7-11-17(18)22(27)25(20)15(3)21(26)24(19)13-16-9-5-4-6-10-16/h4-12,14-15,19H,13H2,1-3H3/t15-,19+/m1/s1. The number of hydrogen-bond donors (Lipinski definition) is 0. The minimum Gasteiger partial charge on any atom is -0.326 e. The zero-order valence-electron chi connectivity index (χ0n) is 15.8. The molecule has 1 amide bonds. The van der Waals surface area contributed by atoms with Crippen LogP contribution in [0.25, 0.3) is 10.9 Å². The number of rotatable bonds is 3. The van der Waals surface area contributed by atoms with Crippen molar-refractivity contribution in [2.45, 2.75) is 39.4 Å². The molecule has 5 nitrogen and oxygen atoms in total. The Kier molecular flexibility index (Phi) is 4.30. The van der Waals surface area contributed by atoms with Crippen LogP contribution in [-0.2, 0) is 11.3 Å². The lowest BCUT2D eigenvalue weighted by Gasteiger charge is -2.41. The van der Waals surface area contributed by atoms with Gasteiger partial charge in [-0.1, -0.05) is 56.3 Å². The lowest BCUT2D eigenvalue weighted by molar-refractivity contribution is -0.142. The highest BCUT2D eigenvalue weighted by Gasteiger charge is 2.40. The number of aromatic nitrogens is 2. The third-order valence-corrected chi connectivity index (χ3v) is 5.29. The predicted octanol–water partition coefficient (Wildman–Crippen LogP) is 3.70. The fourth-order valence-corrected chi connectivity index (χ4v) is 3.99. The Balaban J connectivity index is 1.91. The molecule has 1 aliphatic rings. The molecule has 3 aromatic rings. The molecule has 2 aromatic carbocycles. The minimum absolute atomic E-state index is 0.0377. The first-order valence-electron chi connectivity index (χ1n) is 9.34. The fraction of sp³-hybridized carbons (Fsp3) is 0.318. The van der Waals surface area contributed by atoms with Crippen LogP contribution in [0.3, 0.4) is 0 Å². The van der Waals surface area contributed by atoms with Crippen LogP contribution in [0, 0.1) is 5.92 Å². The molecule has 0 aliphatic carbocycles. The Labute approximate surface area is 158 Å². The third-order valence-electron chi connectivity index (χ3n) is 5.29. The first-order valence-corrected chi connectivity index (χ1v) is 9.34. The molecule has 0 bridgehead atoms. The smallest absolute Gasteiger partial charge is 0.262 e. The number of amides is 1. The highest BCUT2D eigenvalue weighted by molar-refractivity contribution is 5.83. The molecule has 27 heavy (non-hydrogen) atoms. The van der Waals surface area contributed by atoms with Gasteiger partial charge in [0.2, 0.25) is 5.91 Å². The summed E-state index contributed by atoms with van der Waals surface area (Å²) in [6.07, 6.45) is 0. The van der Waals surface area contributed by atoms with Gasteiger partial charge in [-0.15, -0.1) is 0 Å². The highest BCUT2D eigenvalue weighted by atomic mass is 16.2. The Bertz CT molecular complexity index is 1060. The van der Waals surface area contributed by atoms with Crippen molar-refractivity contribution in [3.63, 3.8) is 0 Å². The summed E-state index contributed by atoms with van der Waals surface area (Å²) in [5.41, 5.74) is 1.61. The van der Waals surface area contributed by atoms with Crippen molar-refractivity contribution >= 4 is 16.8 Å². The summed E-state index contributed by atoms with van der Waals surface area (Å²) in [6.45, 7) is 6.43. The second-order valence-corrected chi connectivity index (χ2v) is 7.48. The number of fused-ring (bicyclic) bond motifs is 2. The van der Waals surface area contributed by atoms with Crippen molar-refractivity contribution in [1.29, 1.82) is 0 Å². The van der Waals surface area contributed by atoms with Gasteiger partial charge in [0, 0.05) is 6.54 Å². The van der Waals surface area contributed by atoms with E-state index >= 15 is 0 Å². The average molecular weight is 361 g/mol. The van der Waals surface area contributed by atoms with Gasteiger partial charge in [-0.3, -0.25) is 14.2 Å². The third kappa shape index (κ3) is 2.83.